The molecule has 0 fully saturated rings. The zero-order valence-electron chi connectivity index (χ0n) is 63.5. The first kappa shape index (κ1) is 95.1. The quantitative estimate of drug-likeness (QED) is 0.0222. The van der Waals surface area contributed by atoms with Gasteiger partial charge in [0.05, 0.1) is 26.4 Å². The summed E-state index contributed by atoms with van der Waals surface area (Å²) in [5.41, 5.74) is 0. The van der Waals surface area contributed by atoms with Gasteiger partial charge in [-0.1, -0.05) is 350 Å². The van der Waals surface area contributed by atoms with Crippen LogP contribution in [0.4, 0.5) is 0 Å². The van der Waals surface area contributed by atoms with Gasteiger partial charge < -0.3 is 33.8 Å². The summed E-state index contributed by atoms with van der Waals surface area (Å²) in [6, 6.07) is 0. The van der Waals surface area contributed by atoms with E-state index < -0.39 is 97.5 Å². The summed E-state index contributed by atoms with van der Waals surface area (Å²) in [5, 5.41) is 10.6. The van der Waals surface area contributed by atoms with Crippen LogP contribution in [0.5, 0.6) is 0 Å². The van der Waals surface area contributed by atoms with Gasteiger partial charge >= 0.3 is 39.5 Å². The van der Waals surface area contributed by atoms with Gasteiger partial charge in [-0.25, -0.2) is 9.13 Å². The minimum atomic E-state index is -4.96. The average molecular weight is 1420 g/mol. The van der Waals surface area contributed by atoms with Crippen molar-refractivity contribution in [1.82, 2.24) is 0 Å². The van der Waals surface area contributed by atoms with Gasteiger partial charge in [-0.2, -0.15) is 0 Å². The van der Waals surface area contributed by atoms with E-state index in [4.69, 9.17) is 37.0 Å². The van der Waals surface area contributed by atoms with Crippen molar-refractivity contribution in [1.29, 1.82) is 0 Å². The van der Waals surface area contributed by atoms with Gasteiger partial charge in [0.1, 0.15) is 19.3 Å². The molecule has 0 aliphatic carbocycles. The van der Waals surface area contributed by atoms with Crippen molar-refractivity contribution in [2.24, 2.45) is 17.8 Å². The van der Waals surface area contributed by atoms with E-state index in [1.165, 1.54) is 205 Å². The van der Waals surface area contributed by atoms with Crippen LogP contribution in [0.2, 0.25) is 0 Å². The van der Waals surface area contributed by atoms with E-state index in [1.807, 2.05) is 0 Å². The minimum absolute atomic E-state index is 0.106. The Kier molecular flexibility index (Phi) is 67.1. The topological polar surface area (TPSA) is 237 Å². The van der Waals surface area contributed by atoms with Crippen molar-refractivity contribution in [2.45, 2.75) is 420 Å². The van der Waals surface area contributed by atoms with Crippen LogP contribution in [0, 0.1) is 17.8 Å². The second-order valence-corrected chi connectivity index (χ2v) is 32.2. The second-order valence-electron chi connectivity index (χ2n) is 29.3. The Morgan fingerprint density at radius 1 is 0.299 bits per heavy atom. The van der Waals surface area contributed by atoms with Crippen molar-refractivity contribution in [3.63, 3.8) is 0 Å². The third-order valence-electron chi connectivity index (χ3n) is 18.5. The number of aliphatic hydroxyl groups excluding tert-OH is 1. The molecule has 17 nitrogen and oxygen atoms in total. The molecule has 0 aliphatic rings. The molecule has 0 aliphatic heterocycles. The summed E-state index contributed by atoms with van der Waals surface area (Å²) in [4.78, 5) is 72.9. The number of esters is 4. The maximum Gasteiger partial charge on any atom is 0.472 e. The largest absolute Gasteiger partial charge is 0.472 e. The third-order valence-corrected chi connectivity index (χ3v) is 20.4. The highest BCUT2D eigenvalue weighted by atomic mass is 31.2. The van der Waals surface area contributed by atoms with Gasteiger partial charge in [-0.05, 0) is 43.4 Å². The smallest absolute Gasteiger partial charge is 0.462 e. The number of hydrogen-bond donors (Lipinski definition) is 3. The number of ether oxygens (including phenoxy) is 4. The normalized spacial score (nSPS) is 14.3. The van der Waals surface area contributed by atoms with Gasteiger partial charge in [0.15, 0.2) is 12.2 Å². The summed E-state index contributed by atoms with van der Waals surface area (Å²) in [7, 11) is -9.92. The standard InChI is InChI=1S/C78H152O17P2/c1-8-10-11-12-13-14-15-16-17-18-21-27-32-37-45-52-59-75(80)88-65-73(94-77(82)61-54-47-38-33-28-22-19-20-25-30-35-42-49-56-69(3)4)67-92-96(84,85)90-63-72(79)64-91-97(86,87)93-68-74(66-89-76(81)60-53-46-41-40-44-51-58-71(7)9-2)95-78(83)62-55-48-39-34-29-24-23-26-31-36-43-50-57-70(5)6/h69-74,79H,8-68H2,1-7H3,(H,84,85)(H,86,87)/t71?,72-,73-,74-/m1/s1. The van der Waals surface area contributed by atoms with E-state index in [0.717, 1.165) is 114 Å². The molecule has 0 amide bonds. The predicted molar refractivity (Wildman–Crippen MR) is 395 cm³/mol. The zero-order chi connectivity index (χ0) is 71.6. The van der Waals surface area contributed by atoms with E-state index in [0.29, 0.717) is 25.7 Å². The van der Waals surface area contributed by atoms with Gasteiger partial charge in [0.2, 0.25) is 0 Å². The molecule has 0 aromatic heterocycles. The number of unbranched alkanes of at least 4 members (excludes halogenated alkanes) is 43. The van der Waals surface area contributed by atoms with Crippen LogP contribution < -0.4 is 0 Å². The lowest BCUT2D eigenvalue weighted by Crippen LogP contribution is -2.30. The molecule has 576 valence electrons. The second kappa shape index (κ2) is 68.5. The molecule has 3 N–H and O–H groups in total. The van der Waals surface area contributed by atoms with Gasteiger partial charge in [0, 0.05) is 25.7 Å². The first-order valence-corrected chi connectivity index (χ1v) is 43.4. The third kappa shape index (κ3) is 70.9. The lowest BCUT2D eigenvalue weighted by molar-refractivity contribution is -0.161. The number of phosphoric ester groups is 2. The summed E-state index contributed by atoms with van der Waals surface area (Å²) in [6.45, 7) is 11.9. The number of rotatable bonds is 76. The molecular formula is C78H152O17P2. The van der Waals surface area contributed by atoms with Gasteiger partial charge in [0.25, 0.3) is 0 Å². The van der Waals surface area contributed by atoms with Crippen LogP contribution >= 0.6 is 15.6 Å². The molecule has 6 atom stereocenters. The molecule has 0 aromatic rings. The zero-order valence-corrected chi connectivity index (χ0v) is 65.3. The lowest BCUT2D eigenvalue weighted by Gasteiger charge is -2.21. The van der Waals surface area contributed by atoms with Crippen LogP contribution in [0.1, 0.15) is 402 Å². The van der Waals surface area contributed by atoms with E-state index >= 15 is 0 Å². The highest BCUT2D eigenvalue weighted by molar-refractivity contribution is 7.47. The fraction of sp³-hybridized carbons (Fsp3) is 0.949. The van der Waals surface area contributed by atoms with Crippen LogP contribution in [-0.2, 0) is 65.4 Å². The van der Waals surface area contributed by atoms with Crippen molar-refractivity contribution >= 4 is 39.5 Å². The monoisotopic (exact) mass is 1420 g/mol. The Morgan fingerprint density at radius 3 is 0.784 bits per heavy atom. The molecule has 0 radical (unpaired) electrons. The summed E-state index contributed by atoms with van der Waals surface area (Å²) >= 11 is 0. The maximum atomic E-state index is 13.1. The van der Waals surface area contributed by atoms with E-state index in [-0.39, 0.29) is 25.7 Å². The molecule has 0 spiro atoms. The molecule has 0 saturated heterocycles. The Morgan fingerprint density at radius 2 is 0.526 bits per heavy atom. The summed E-state index contributed by atoms with van der Waals surface area (Å²) in [6.07, 6.45) is 55.4. The molecule has 0 heterocycles. The predicted octanol–water partition coefficient (Wildman–Crippen LogP) is 23.0. The van der Waals surface area contributed by atoms with Gasteiger partial charge in [-0.15, -0.1) is 0 Å². The molecule has 19 heteroatoms. The molecule has 97 heavy (non-hydrogen) atoms. The molecular weight excluding hydrogens is 1270 g/mol. The van der Waals surface area contributed by atoms with Crippen LogP contribution in [-0.4, -0.2) is 96.7 Å². The van der Waals surface area contributed by atoms with E-state index in [2.05, 4.69) is 48.5 Å². The average Bonchev–Trinajstić information content (AvgIpc) is 1.05. The first-order chi connectivity index (χ1) is 46.8. The highest BCUT2D eigenvalue weighted by Crippen LogP contribution is 2.45. The minimum Gasteiger partial charge on any atom is -0.462 e. The van der Waals surface area contributed by atoms with E-state index in [1.54, 1.807) is 0 Å². The fourth-order valence-corrected chi connectivity index (χ4v) is 13.5. The summed E-state index contributed by atoms with van der Waals surface area (Å²) < 4.78 is 68.6. The van der Waals surface area contributed by atoms with Crippen molar-refractivity contribution < 1.29 is 80.2 Å². The lowest BCUT2D eigenvalue weighted by atomic mass is 10.00. The number of hydrogen-bond acceptors (Lipinski definition) is 15. The highest BCUT2D eigenvalue weighted by Gasteiger charge is 2.30. The molecule has 3 unspecified atom stereocenters. The molecule has 0 bridgehead atoms. The number of phosphoric acid groups is 2. The van der Waals surface area contributed by atoms with Crippen LogP contribution in [0.3, 0.4) is 0 Å². The van der Waals surface area contributed by atoms with Crippen LogP contribution in [0.25, 0.3) is 0 Å². The maximum absolute atomic E-state index is 13.1. The SMILES string of the molecule is CCCCCCCCCCCCCCCCCCC(=O)OC[C@H](COP(=O)(O)OC[C@@H](O)COP(=O)(O)OC[C@@H](COC(=O)CCCCCCCCC(C)CC)OC(=O)CCCCCCCCCCCCCCC(C)C)OC(=O)CCCCCCCCCCCCCCCC(C)C. The number of carbonyl (C=O) groups is 4. The molecule has 0 saturated carbocycles. The molecule has 0 rings (SSSR count). The fourth-order valence-electron chi connectivity index (χ4n) is 11.9. The summed E-state index contributed by atoms with van der Waals surface area (Å²) in [5.74, 6) is 0.179. The Hall–Kier alpha value is -1.94. The number of carbonyl (C=O) groups excluding carboxylic acids is 4. The Labute approximate surface area is 594 Å². The Bertz CT molecular complexity index is 1890. The number of aliphatic hydroxyl groups is 1. The Balaban J connectivity index is 5.26. The van der Waals surface area contributed by atoms with Crippen molar-refractivity contribution in [3.8, 4) is 0 Å². The van der Waals surface area contributed by atoms with Crippen LogP contribution in [0.15, 0.2) is 0 Å². The first-order valence-electron chi connectivity index (χ1n) is 40.4. The van der Waals surface area contributed by atoms with Gasteiger partial charge in [-0.3, -0.25) is 37.3 Å². The molecule has 0 aromatic carbocycles. The van der Waals surface area contributed by atoms with Crippen molar-refractivity contribution in [2.75, 3.05) is 39.6 Å². The van der Waals surface area contributed by atoms with E-state index in [9.17, 15) is 43.2 Å². The van der Waals surface area contributed by atoms with Crippen molar-refractivity contribution in [3.05, 3.63) is 0 Å².